The number of halogens is 3. The molecule has 1 saturated carbocycles. The molecule has 1 aliphatic heterocycles. The van der Waals surface area contributed by atoms with E-state index in [1.165, 1.54) is 12.5 Å². The van der Waals surface area contributed by atoms with E-state index in [0.29, 0.717) is 29.6 Å². The summed E-state index contributed by atoms with van der Waals surface area (Å²) < 4.78 is 57.7. The molecule has 1 aliphatic carbocycles. The second kappa shape index (κ2) is 11.8. The van der Waals surface area contributed by atoms with E-state index in [1.807, 2.05) is 24.3 Å². The maximum Gasteiger partial charge on any atom is 0.490 e. The summed E-state index contributed by atoms with van der Waals surface area (Å²) in [6.45, 7) is 1.56. The molecule has 3 heterocycles. The first-order chi connectivity index (χ1) is 19.2. The Kier molecular flexibility index (Phi) is 8.59. The predicted octanol–water partition coefficient (Wildman–Crippen LogP) is 3.02. The number of hydrogen-bond donors (Lipinski definition) is 4. The minimum absolute atomic E-state index is 0.0637. The Bertz CT molecular complexity index is 1580. The fourth-order valence-corrected chi connectivity index (χ4v) is 5.19. The van der Waals surface area contributed by atoms with Crippen LogP contribution in [0.5, 0.6) is 0 Å². The predicted molar refractivity (Wildman–Crippen MR) is 146 cm³/mol. The number of benzene rings is 1. The van der Waals surface area contributed by atoms with E-state index in [9.17, 15) is 26.9 Å². The van der Waals surface area contributed by atoms with Crippen molar-refractivity contribution >= 4 is 44.5 Å². The number of fused-ring (bicyclic) bond motifs is 1. The van der Waals surface area contributed by atoms with Gasteiger partial charge in [-0.2, -0.15) is 28.0 Å². The number of anilines is 4. The van der Waals surface area contributed by atoms with E-state index < -0.39 is 22.0 Å². The van der Waals surface area contributed by atoms with Crippen molar-refractivity contribution in [1.82, 2.24) is 14.6 Å². The number of nitrogens with one attached hydrogen (secondary N) is 2. The smallest absolute Gasteiger partial charge is 0.475 e. The number of hydrogen-bond acceptors (Lipinski definition) is 10. The number of carboxylic acids is 1. The van der Waals surface area contributed by atoms with Gasteiger partial charge in [0.25, 0.3) is 0 Å². The minimum atomic E-state index is -5.08. The number of aromatic nitrogens is 3. The number of carboxylic acid groups (broad SMARTS) is 1. The number of aliphatic carboxylic acids is 1. The number of carbonyl (C=O) groups is 1. The molecule has 2 aliphatic rings. The zero-order valence-electron chi connectivity index (χ0n) is 22.0. The summed E-state index contributed by atoms with van der Waals surface area (Å²) in [6, 6.07) is 10.2. The van der Waals surface area contributed by atoms with Crippen LogP contribution in [0.25, 0.3) is 5.65 Å². The molecule has 3 aromatic rings. The molecule has 220 valence electrons. The van der Waals surface area contributed by atoms with Crippen molar-refractivity contribution < 1.29 is 31.5 Å². The number of nitrogens with zero attached hydrogens (tertiary/aromatic N) is 5. The molecule has 0 unspecified atom stereocenters. The number of nitrogens with two attached hydrogens (primary N) is 1. The number of sulfone groups is 1. The Hall–Kier alpha value is -4.10. The highest BCUT2D eigenvalue weighted by Gasteiger charge is 2.38. The maximum absolute atomic E-state index is 12.2. The quantitative estimate of drug-likeness (QED) is 0.316. The minimum Gasteiger partial charge on any atom is -0.475 e. The van der Waals surface area contributed by atoms with E-state index in [-0.39, 0.29) is 11.8 Å². The summed E-state index contributed by atoms with van der Waals surface area (Å²) in [5.41, 5.74) is 9.36. The second-order valence-corrected chi connectivity index (χ2v) is 12.2. The Balaban J connectivity index is 0.000000493. The highest BCUT2D eigenvalue weighted by molar-refractivity contribution is 7.89. The first-order valence-electron chi connectivity index (χ1n) is 12.7. The van der Waals surface area contributed by atoms with Crippen LogP contribution in [0, 0.1) is 11.3 Å². The molecule has 5 rings (SSSR count). The Morgan fingerprint density at radius 2 is 1.98 bits per heavy atom. The van der Waals surface area contributed by atoms with Crippen molar-refractivity contribution in [3.8, 4) is 6.07 Å². The van der Waals surface area contributed by atoms with Gasteiger partial charge in [0.05, 0.1) is 11.9 Å². The molecular formula is C25H29F3N8O4S. The lowest BCUT2D eigenvalue weighted by atomic mass is 10.0. The summed E-state index contributed by atoms with van der Waals surface area (Å²) in [5.74, 6) is -1.52. The van der Waals surface area contributed by atoms with Gasteiger partial charge >= 0.3 is 12.1 Å². The van der Waals surface area contributed by atoms with Gasteiger partial charge in [-0.05, 0) is 49.4 Å². The molecule has 2 fully saturated rings. The van der Waals surface area contributed by atoms with Crippen LogP contribution >= 0.6 is 0 Å². The van der Waals surface area contributed by atoms with Crippen LogP contribution in [0.4, 0.5) is 36.2 Å². The Morgan fingerprint density at radius 1 is 1.27 bits per heavy atom. The number of alkyl halides is 3. The lowest BCUT2D eigenvalue weighted by Crippen LogP contribution is -2.43. The van der Waals surface area contributed by atoms with Crippen LogP contribution < -0.4 is 21.3 Å². The van der Waals surface area contributed by atoms with Gasteiger partial charge in [-0.1, -0.05) is 0 Å². The van der Waals surface area contributed by atoms with Gasteiger partial charge in [-0.3, -0.25) is 0 Å². The van der Waals surface area contributed by atoms with Crippen LogP contribution in [0.3, 0.4) is 0 Å². The van der Waals surface area contributed by atoms with Crippen molar-refractivity contribution in [3.63, 3.8) is 0 Å². The molecule has 0 bridgehead atoms. The summed E-state index contributed by atoms with van der Waals surface area (Å²) in [4.78, 5) is 15.7. The zero-order valence-corrected chi connectivity index (χ0v) is 22.8. The Labute approximate surface area is 233 Å². The largest absolute Gasteiger partial charge is 0.490 e. The van der Waals surface area contributed by atoms with Crippen LogP contribution in [-0.2, 0) is 20.4 Å². The molecule has 16 heteroatoms. The molecule has 1 saturated heterocycles. The van der Waals surface area contributed by atoms with Crippen LogP contribution in [-0.4, -0.2) is 71.7 Å². The van der Waals surface area contributed by atoms with E-state index in [0.717, 1.165) is 55.0 Å². The highest BCUT2D eigenvalue weighted by Crippen LogP contribution is 2.31. The molecule has 12 nitrogen and oxygen atoms in total. The third-order valence-corrected chi connectivity index (χ3v) is 7.17. The van der Waals surface area contributed by atoms with E-state index in [1.54, 1.807) is 4.52 Å². The molecule has 1 atom stereocenters. The molecule has 1 aromatic carbocycles. The van der Waals surface area contributed by atoms with Crippen LogP contribution in [0.15, 0.2) is 30.5 Å². The van der Waals surface area contributed by atoms with Gasteiger partial charge in [0, 0.05) is 48.9 Å². The van der Waals surface area contributed by atoms with Crippen molar-refractivity contribution in [3.05, 3.63) is 41.6 Å². The lowest BCUT2D eigenvalue weighted by Gasteiger charge is -2.34. The molecule has 2 aromatic heterocycles. The van der Waals surface area contributed by atoms with Gasteiger partial charge in [-0.25, -0.2) is 18.2 Å². The van der Waals surface area contributed by atoms with E-state index >= 15 is 0 Å². The fraction of sp³-hybridized carbons (Fsp3) is 0.440. The van der Waals surface area contributed by atoms with Gasteiger partial charge in [-0.15, -0.1) is 0 Å². The molecule has 0 radical (unpaired) electrons. The van der Waals surface area contributed by atoms with Gasteiger partial charge < -0.3 is 26.4 Å². The van der Waals surface area contributed by atoms with Gasteiger partial charge in [0.1, 0.15) is 23.3 Å². The van der Waals surface area contributed by atoms with Crippen molar-refractivity contribution in [2.45, 2.75) is 49.7 Å². The lowest BCUT2D eigenvalue weighted by molar-refractivity contribution is -0.192. The van der Waals surface area contributed by atoms with Crippen molar-refractivity contribution in [2.24, 2.45) is 5.73 Å². The normalized spacial score (nSPS) is 17.4. The van der Waals surface area contributed by atoms with Crippen LogP contribution in [0.1, 0.15) is 36.8 Å². The SMILES string of the molecule is CS(=O)(=O)Cc1cc(Nc2cc(NC3CC3)n3ncc(C#N)c3n2)ccc1N1CCC[C@@H](N)C1.O=C(O)C(F)(F)F. The van der Waals surface area contributed by atoms with E-state index in [4.69, 9.17) is 15.6 Å². The van der Waals surface area contributed by atoms with Crippen molar-refractivity contribution in [1.29, 1.82) is 5.26 Å². The standard InChI is InChI=1S/C23H28N8O2S.C2HF3O2/c1-34(32,33)14-15-9-19(6-7-20(15)30-8-2-3-17(25)13-30)27-21-10-22(28-18-4-5-18)31-23(29-21)16(11-24)12-26-31;3-2(4,5)1(6)7/h6-7,9-10,12,17-18,28H,2-5,8,13-14,25H2,1H3,(H,27,29);(H,6,7)/t17-;/m1./s1. The molecule has 5 N–H and O–H groups in total. The van der Waals surface area contributed by atoms with Gasteiger partial charge in [0.2, 0.25) is 0 Å². The average molecular weight is 595 g/mol. The maximum atomic E-state index is 12.2. The first-order valence-corrected chi connectivity index (χ1v) is 14.7. The summed E-state index contributed by atoms with van der Waals surface area (Å²) in [6.07, 6.45) is 1.81. The third kappa shape index (κ3) is 7.98. The molecule has 0 spiro atoms. The Morgan fingerprint density at radius 3 is 2.56 bits per heavy atom. The number of piperidine rings is 1. The highest BCUT2D eigenvalue weighted by atomic mass is 32.2. The molecular weight excluding hydrogens is 565 g/mol. The van der Waals surface area contributed by atoms with Crippen molar-refractivity contribution in [2.75, 3.05) is 34.9 Å². The number of nitriles is 1. The topological polar surface area (TPSA) is 179 Å². The summed E-state index contributed by atoms with van der Waals surface area (Å²) >= 11 is 0. The summed E-state index contributed by atoms with van der Waals surface area (Å²) in [5, 5.41) is 27.6. The third-order valence-electron chi connectivity index (χ3n) is 6.33. The monoisotopic (exact) mass is 594 g/mol. The van der Waals surface area contributed by atoms with Crippen LogP contribution in [0.2, 0.25) is 0 Å². The first kappa shape index (κ1) is 29.9. The average Bonchev–Trinajstić information content (AvgIpc) is 3.59. The number of rotatable bonds is 7. The summed E-state index contributed by atoms with van der Waals surface area (Å²) in [7, 11) is -3.24. The van der Waals surface area contributed by atoms with Gasteiger partial charge in [0.15, 0.2) is 15.5 Å². The second-order valence-electron chi connectivity index (χ2n) is 10.0. The fourth-order valence-electron chi connectivity index (χ4n) is 4.39. The molecule has 0 amide bonds. The zero-order chi connectivity index (χ0) is 29.9. The molecule has 41 heavy (non-hydrogen) atoms. The van der Waals surface area contributed by atoms with E-state index in [2.05, 4.69) is 31.7 Å².